The molecule has 3 heterocycles. The summed E-state index contributed by atoms with van der Waals surface area (Å²) in [6.07, 6.45) is 0.423. The molecular formula is C18H18F3N5. The Morgan fingerprint density at radius 1 is 1.15 bits per heavy atom. The summed E-state index contributed by atoms with van der Waals surface area (Å²) in [7, 11) is 0. The van der Waals surface area contributed by atoms with Crippen LogP contribution >= 0.6 is 0 Å². The molecule has 8 heteroatoms. The van der Waals surface area contributed by atoms with E-state index in [0.717, 1.165) is 11.7 Å². The van der Waals surface area contributed by atoms with E-state index in [1.807, 2.05) is 9.47 Å². The van der Waals surface area contributed by atoms with Crippen molar-refractivity contribution in [3.8, 4) is 0 Å². The topological polar surface area (TPSA) is 60.0 Å². The molecule has 0 bridgehead atoms. The van der Waals surface area contributed by atoms with Crippen molar-refractivity contribution in [3.05, 3.63) is 53.9 Å². The van der Waals surface area contributed by atoms with Gasteiger partial charge in [0.05, 0.1) is 35.5 Å². The van der Waals surface area contributed by atoms with Crippen LogP contribution in [0.3, 0.4) is 0 Å². The van der Waals surface area contributed by atoms with Gasteiger partial charge in [-0.3, -0.25) is 4.98 Å². The molecule has 1 aromatic carbocycles. The number of fused-ring (bicyclic) bond motifs is 1. The zero-order chi connectivity index (χ0) is 18.3. The van der Waals surface area contributed by atoms with Crippen LogP contribution in [0, 0.1) is 11.6 Å². The molecule has 0 saturated carbocycles. The summed E-state index contributed by atoms with van der Waals surface area (Å²) in [5.41, 5.74) is 7.74. The van der Waals surface area contributed by atoms with Crippen molar-refractivity contribution in [2.75, 3.05) is 18.0 Å². The Bertz CT molecular complexity index is 924. The van der Waals surface area contributed by atoms with Gasteiger partial charge in [-0.15, -0.1) is 0 Å². The van der Waals surface area contributed by atoms with Gasteiger partial charge in [0.25, 0.3) is 0 Å². The van der Waals surface area contributed by atoms with Gasteiger partial charge in [0.1, 0.15) is 17.8 Å². The molecule has 1 saturated heterocycles. The van der Waals surface area contributed by atoms with Crippen LogP contribution in [0.1, 0.15) is 12.1 Å². The minimum absolute atomic E-state index is 0.313. The normalized spacial score (nSPS) is 20.7. The van der Waals surface area contributed by atoms with Crippen molar-refractivity contribution in [1.82, 2.24) is 14.5 Å². The number of nitrogens with two attached hydrogens (primary N) is 1. The van der Waals surface area contributed by atoms with Gasteiger partial charge in [-0.1, -0.05) is 0 Å². The molecule has 1 aliphatic rings. The Balaban J connectivity index is 1.76. The number of hydrogen-bond donors (Lipinski definition) is 1. The Morgan fingerprint density at radius 3 is 2.69 bits per heavy atom. The molecule has 0 aliphatic carbocycles. The highest BCUT2D eigenvalue weighted by Crippen LogP contribution is 2.27. The van der Waals surface area contributed by atoms with Gasteiger partial charge >= 0.3 is 0 Å². The molecule has 2 aromatic heterocycles. The van der Waals surface area contributed by atoms with Crippen LogP contribution in [-0.4, -0.2) is 39.8 Å². The first-order valence-corrected chi connectivity index (χ1v) is 8.42. The van der Waals surface area contributed by atoms with Crippen molar-refractivity contribution in [2.24, 2.45) is 5.73 Å². The molecule has 136 valence electrons. The quantitative estimate of drug-likeness (QED) is 0.779. The van der Waals surface area contributed by atoms with Crippen molar-refractivity contribution in [3.63, 3.8) is 0 Å². The highest BCUT2D eigenvalue weighted by molar-refractivity contribution is 5.79. The zero-order valence-electron chi connectivity index (χ0n) is 13.9. The van der Waals surface area contributed by atoms with Crippen LogP contribution in [0.5, 0.6) is 0 Å². The van der Waals surface area contributed by atoms with Crippen molar-refractivity contribution in [1.29, 1.82) is 0 Å². The maximum Gasteiger partial charge on any atom is 0.206 e. The lowest BCUT2D eigenvalue weighted by atomic mass is 10.1. The van der Waals surface area contributed by atoms with Crippen LogP contribution in [0.4, 0.5) is 19.1 Å². The standard InChI is InChI=1S/C18H18F3N5/c19-11-2-4-17-16(7-11)24-18(25-6-5-14(21)15(22)10-25)26(17)9-13-3-1-12(20)8-23-13/h1-4,7-8,14-15H,5-6,9-10,22H2. The first-order chi connectivity index (χ1) is 12.5. The minimum atomic E-state index is -1.04. The zero-order valence-corrected chi connectivity index (χ0v) is 13.9. The van der Waals surface area contributed by atoms with E-state index in [-0.39, 0.29) is 5.82 Å². The number of benzene rings is 1. The maximum absolute atomic E-state index is 13.7. The molecule has 0 radical (unpaired) electrons. The summed E-state index contributed by atoms with van der Waals surface area (Å²) in [6, 6.07) is 6.70. The van der Waals surface area contributed by atoms with Gasteiger partial charge in [-0.2, -0.15) is 0 Å². The molecule has 2 unspecified atom stereocenters. The lowest BCUT2D eigenvalue weighted by molar-refractivity contribution is 0.243. The second-order valence-corrected chi connectivity index (χ2v) is 6.51. The molecule has 3 aromatic rings. The molecule has 5 nitrogen and oxygen atoms in total. The largest absolute Gasteiger partial charge is 0.340 e. The molecule has 1 fully saturated rings. The van der Waals surface area contributed by atoms with E-state index >= 15 is 0 Å². The van der Waals surface area contributed by atoms with Crippen LogP contribution in [-0.2, 0) is 6.54 Å². The van der Waals surface area contributed by atoms with Gasteiger partial charge in [-0.25, -0.2) is 18.2 Å². The average Bonchev–Trinajstić information content (AvgIpc) is 2.97. The smallest absolute Gasteiger partial charge is 0.206 e. The van der Waals surface area contributed by atoms with Crippen molar-refractivity contribution < 1.29 is 13.2 Å². The van der Waals surface area contributed by atoms with E-state index in [0.29, 0.717) is 43.2 Å². The first kappa shape index (κ1) is 16.8. The van der Waals surface area contributed by atoms with Crippen LogP contribution < -0.4 is 10.6 Å². The molecule has 4 rings (SSSR count). The summed E-state index contributed by atoms with van der Waals surface area (Å²) in [4.78, 5) is 10.5. The number of aromatic nitrogens is 3. The van der Waals surface area contributed by atoms with Gasteiger partial charge in [0.15, 0.2) is 0 Å². The highest BCUT2D eigenvalue weighted by atomic mass is 19.1. The van der Waals surface area contributed by atoms with Gasteiger partial charge < -0.3 is 15.2 Å². The van der Waals surface area contributed by atoms with Crippen molar-refractivity contribution in [2.45, 2.75) is 25.2 Å². The third-order valence-corrected chi connectivity index (χ3v) is 4.65. The number of pyridine rings is 1. The van der Waals surface area contributed by atoms with Crippen LogP contribution in [0.25, 0.3) is 11.0 Å². The second-order valence-electron chi connectivity index (χ2n) is 6.51. The number of rotatable bonds is 3. The molecular weight excluding hydrogens is 343 g/mol. The number of imidazole rings is 1. The molecule has 2 atom stereocenters. The predicted octanol–water partition coefficient (Wildman–Crippen LogP) is 2.63. The van der Waals surface area contributed by atoms with E-state index in [2.05, 4.69) is 9.97 Å². The second kappa shape index (κ2) is 6.60. The summed E-state index contributed by atoms with van der Waals surface area (Å²) < 4.78 is 42.4. The first-order valence-electron chi connectivity index (χ1n) is 8.42. The number of anilines is 1. The van der Waals surface area contributed by atoms with Crippen LogP contribution in [0.2, 0.25) is 0 Å². The average molecular weight is 361 g/mol. The Labute approximate surface area is 148 Å². The number of alkyl halides is 1. The molecule has 0 spiro atoms. The summed E-state index contributed by atoms with van der Waals surface area (Å²) in [5.74, 6) is -0.214. The maximum atomic E-state index is 13.7. The summed E-state index contributed by atoms with van der Waals surface area (Å²) in [5, 5.41) is 0. The van der Waals surface area contributed by atoms with E-state index in [9.17, 15) is 13.2 Å². The number of halogens is 3. The molecule has 0 amide bonds. The van der Waals surface area contributed by atoms with Gasteiger partial charge in [0.2, 0.25) is 5.95 Å². The number of piperidine rings is 1. The fraction of sp³-hybridized carbons (Fsp3) is 0.333. The van der Waals surface area contributed by atoms with E-state index in [4.69, 9.17) is 5.73 Å². The van der Waals surface area contributed by atoms with E-state index in [1.54, 1.807) is 12.1 Å². The van der Waals surface area contributed by atoms with E-state index in [1.165, 1.54) is 18.2 Å². The lowest BCUT2D eigenvalue weighted by Crippen LogP contribution is -2.50. The summed E-state index contributed by atoms with van der Waals surface area (Å²) in [6.45, 7) is 1.13. The van der Waals surface area contributed by atoms with Crippen LogP contribution in [0.15, 0.2) is 36.5 Å². The minimum Gasteiger partial charge on any atom is -0.340 e. The Kier molecular flexibility index (Phi) is 4.28. The fourth-order valence-corrected chi connectivity index (χ4v) is 3.28. The monoisotopic (exact) mass is 361 g/mol. The lowest BCUT2D eigenvalue weighted by Gasteiger charge is -2.34. The third kappa shape index (κ3) is 3.12. The van der Waals surface area contributed by atoms with Gasteiger partial charge in [0, 0.05) is 19.2 Å². The Morgan fingerprint density at radius 2 is 1.96 bits per heavy atom. The number of hydrogen-bond acceptors (Lipinski definition) is 4. The highest BCUT2D eigenvalue weighted by Gasteiger charge is 2.29. The van der Waals surface area contributed by atoms with Gasteiger partial charge in [-0.05, 0) is 30.7 Å². The van der Waals surface area contributed by atoms with E-state index < -0.39 is 18.0 Å². The van der Waals surface area contributed by atoms with Crippen molar-refractivity contribution >= 4 is 17.0 Å². The third-order valence-electron chi connectivity index (χ3n) is 4.65. The number of nitrogens with zero attached hydrogens (tertiary/aromatic N) is 4. The predicted molar refractivity (Wildman–Crippen MR) is 92.7 cm³/mol. The fourth-order valence-electron chi connectivity index (χ4n) is 3.28. The SMILES string of the molecule is NC1CN(c2nc3cc(F)ccc3n2Cc2ccc(F)cn2)CCC1F. The molecule has 1 aliphatic heterocycles. The summed E-state index contributed by atoms with van der Waals surface area (Å²) >= 11 is 0. The molecule has 2 N–H and O–H groups in total. The Hall–Kier alpha value is -2.61. The molecule has 26 heavy (non-hydrogen) atoms.